The number of hydrogen-bond donors (Lipinski definition) is 1. The van der Waals surface area contributed by atoms with Gasteiger partial charge in [-0.3, -0.25) is 0 Å². The molecular weight excluding hydrogens is 158 g/mol. The molecule has 0 amide bonds. The molecule has 1 heteroatoms. The van der Waals surface area contributed by atoms with E-state index in [0.717, 1.165) is 5.92 Å². The molecule has 1 saturated carbocycles. The van der Waals surface area contributed by atoms with Gasteiger partial charge in [0.2, 0.25) is 0 Å². The first-order valence-electron chi connectivity index (χ1n) is 4.93. The average molecular weight is 171 g/mol. The van der Waals surface area contributed by atoms with Crippen molar-refractivity contribution in [2.24, 2.45) is 0 Å². The Bertz CT molecular complexity index is 449. The normalized spacial score (nSPS) is 16.7. The van der Waals surface area contributed by atoms with Gasteiger partial charge in [0, 0.05) is 17.1 Å². The number of fused-ring (bicyclic) bond motifs is 1. The van der Waals surface area contributed by atoms with Gasteiger partial charge < -0.3 is 4.98 Å². The fraction of sp³-hybridized carbons (Fsp3) is 0.333. The Morgan fingerprint density at radius 3 is 2.92 bits per heavy atom. The molecule has 1 aliphatic carbocycles. The summed E-state index contributed by atoms with van der Waals surface area (Å²) in [7, 11) is 0. The number of benzene rings is 1. The molecule has 3 rings (SSSR count). The molecule has 0 atom stereocenters. The van der Waals surface area contributed by atoms with Crippen molar-refractivity contribution in [2.75, 3.05) is 0 Å². The molecule has 0 spiro atoms. The van der Waals surface area contributed by atoms with Crippen molar-refractivity contribution in [3.63, 3.8) is 0 Å². The van der Waals surface area contributed by atoms with Crippen LogP contribution in [-0.4, -0.2) is 4.98 Å². The van der Waals surface area contributed by atoms with Crippen LogP contribution >= 0.6 is 0 Å². The third-order valence-corrected chi connectivity index (χ3v) is 2.96. The first-order valence-corrected chi connectivity index (χ1v) is 4.93. The van der Waals surface area contributed by atoms with Gasteiger partial charge in [0.1, 0.15) is 0 Å². The van der Waals surface area contributed by atoms with Crippen molar-refractivity contribution in [3.05, 3.63) is 35.5 Å². The molecule has 1 aromatic carbocycles. The summed E-state index contributed by atoms with van der Waals surface area (Å²) in [5.41, 5.74) is 4.23. The molecule has 1 heterocycles. The minimum atomic E-state index is 0.842. The number of aryl methyl sites for hydroxylation is 1. The Morgan fingerprint density at radius 2 is 2.15 bits per heavy atom. The number of nitrogens with one attached hydrogen (secondary N) is 1. The van der Waals surface area contributed by atoms with Crippen LogP contribution in [0, 0.1) is 6.92 Å². The molecule has 1 nitrogen and oxygen atoms in total. The van der Waals surface area contributed by atoms with Crippen molar-refractivity contribution in [3.8, 4) is 0 Å². The average Bonchev–Trinajstić information content (AvgIpc) is 2.87. The fourth-order valence-corrected chi connectivity index (χ4v) is 2.12. The van der Waals surface area contributed by atoms with E-state index in [-0.39, 0.29) is 0 Å². The Morgan fingerprint density at radius 1 is 1.31 bits per heavy atom. The van der Waals surface area contributed by atoms with E-state index >= 15 is 0 Å². The maximum absolute atomic E-state index is 3.35. The van der Waals surface area contributed by atoms with Crippen LogP contribution in [0.3, 0.4) is 0 Å². The predicted molar refractivity (Wildman–Crippen MR) is 55.0 cm³/mol. The van der Waals surface area contributed by atoms with E-state index in [9.17, 15) is 0 Å². The topological polar surface area (TPSA) is 15.8 Å². The highest BCUT2D eigenvalue weighted by Crippen LogP contribution is 2.43. The van der Waals surface area contributed by atoms with E-state index in [1.807, 2.05) is 0 Å². The Hall–Kier alpha value is -1.24. The molecule has 66 valence electrons. The van der Waals surface area contributed by atoms with Crippen LogP contribution < -0.4 is 0 Å². The zero-order valence-corrected chi connectivity index (χ0v) is 7.80. The molecule has 0 saturated heterocycles. The van der Waals surface area contributed by atoms with E-state index in [4.69, 9.17) is 0 Å². The number of aromatic nitrogens is 1. The minimum Gasteiger partial charge on any atom is -0.361 e. The monoisotopic (exact) mass is 171 g/mol. The smallest absolute Gasteiger partial charge is 0.0459 e. The van der Waals surface area contributed by atoms with Crippen molar-refractivity contribution in [1.29, 1.82) is 0 Å². The van der Waals surface area contributed by atoms with E-state index in [2.05, 4.69) is 36.3 Å². The van der Waals surface area contributed by atoms with Crippen molar-refractivity contribution in [2.45, 2.75) is 25.7 Å². The zero-order valence-electron chi connectivity index (χ0n) is 7.80. The quantitative estimate of drug-likeness (QED) is 0.677. The first kappa shape index (κ1) is 7.19. The van der Waals surface area contributed by atoms with Gasteiger partial charge in [-0.1, -0.05) is 12.1 Å². The molecule has 1 aromatic heterocycles. The molecule has 0 aliphatic heterocycles. The predicted octanol–water partition coefficient (Wildman–Crippen LogP) is 3.35. The summed E-state index contributed by atoms with van der Waals surface area (Å²) in [4.78, 5) is 3.35. The maximum atomic E-state index is 3.35. The van der Waals surface area contributed by atoms with Crippen LogP contribution in [0.5, 0.6) is 0 Å². The molecule has 0 unspecified atom stereocenters. The second-order valence-corrected chi connectivity index (χ2v) is 4.02. The SMILES string of the molecule is Cc1cccc2[nH]cc(C3CC3)c12. The second kappa shape index (κ2) is 2.38. The lowest BCUT2D eigenvalue weighted by Crippen LogP contribution is -1.78. The van der Waals surface area contributed by atoms with Crippen molar-refractivity contribution >= 4 is 10.9 Å². The van der Waals surface area contributed by atoms with Gasteiger partial charge in [-0.25, -0.2) is 0 Å². The van der Waals surface area contributed by atoms with Crippen LogP contribution in [0.1, 0.15) is 29.9 Å². The number of rotatable bonds is 1. The number of H-pyrrole nitrogens is 1. The van der Waals surface area contributed by atoms with Crippen LogP contribution in [0.15, 0.2) is 24.4 Å². The molecule has 1 N–H and O–H groups in total. The van der Waals surface area contributed by atoms with Crippen LogP contribution in [-0.2, 0) is 0 Å². The third-order valence-electron chi connectivity index (χ3n) is 2.96. The molecular formula is C12H13N. The minimum absolute atomic E-state index is 0.842. The fourth-order valence-electron chi connectivity index (χ4n) is 2.12. The summed E-state index contributed by atoms with van der Waals surface area (Å²) in [5, 5.41) is 1.46. The third kappa shape index (κ3) is 0.998. The molecule has 0 radical (unpaired) electrons. The van der Waals surface area contributed by atoms with Crippen LogP contribution in [0.25, 0.3) is 10.9 Å². The highest BCUT2D eigenvalue weighted by atomic mass is 14.7. The van der Waals surface area contributed by atoms with Gasteiger partial charge >= 0.3 is 0 Å². The van der Waals surface area contributed by atoms with Gasteiger partial charge in [0.05, 0.1) is 0 Å². The van der Waals surface area contributed by atoms with E-state index in [0.29, 0.717) is 0 Å². The lowest BCUT2D eigenvalue weighted by atomic mass is 10.0. The summed E-state index contributed by atoms with van der Waals surface area (Å²) < 4.78 is 0. The summed E-state index contributed by atoms with van der Waals surface area (Å²) in [6.45, 7) is 2.20. The van der Waals surface area contributed by atoms with Gasteiger partial charge in [0.15, 0.2) is 0 Å². The zero-order chi connectivity index (χ0) is 8.84. The number of hydrogen-bond acceptors (Lipinski definition) is 0. The summed E-state index contributed by atoms with van der Waals surface area (Å²) in [6, 6.07) is 6.47. The Kier molecular flexibility index (Phi) is 1.32. The molecule has 0 bridgehead atoms. The van der Waals surface area contributed by atoms with Crippen LogP contribution in [0.4, 0.5) is 0 Å². The summed E-state index contributed by atoms with van der Waals surface area (Å²) in [6.07, 6.45) is 4.94. The highest BCUT2D eigenvalue weighted by Gasteiger charge is 2.26. The van der Waals surface area contributed by atoms with E-state index in [1.54, 1.807) is 0 Å². The standard InChI is InChI=1S/C12H13N/c1-8-3-2-4-11-12(8)10(7-13-11)9-5-6-9/h2-4,7,9,13H,5-6H2,1H3. The van der Waals surface area contributed by atoms with E-state index in [1.165, 1.54) is 34.9 Å². The Labute approximate surface area is 77.8 Å². The molecule has 13 heavy (non-hydrogen) atoms. The largest absolute Gasteiger partial charge is 0.361 e. The lowest BCUT2D eigenvalue weighted by Gasteiger charge is -1.98. The Balaban J connectivity index is 2.34. The van der Waals surface area contributed by atoms with Gasteiger partial charge in [-0.15, -0.1) is 0 Å². The molecule has 2 aromatic rings. The van der Waals surface area contributed by atoms with Gasteiger partial charge in [-0.05, 0) is 42.9 Å². The first-order chi connectivity index (χ1) is 6.36. The van der Waals surface area contributed by atoms with E-state index < -0.39 is 0 Å². The van der Waals surface area contributed by atoms with Crippen LogP contribution in [0.2, 0.25) is 0 Å². The summed E-state index contributed by atoms with van der Waals surface area (Å²) in [5.74, 6) is 0.842. The van der Waals surface area contributed by atoms with Gasteiger partial charge in [0.25, 0.3) is 0 Å². The molecule has 1 fully saturated rings. The summed E-state index contributed by atoms with van der Waals surface area (Å²) >= 11 is 0. The number of aromatic amines is 1. The second-order valence-electron chi connectivity index (χ2n) is 4.02. The lowest BCUT2D eigenvalue weighted by molar-refractivity contribution is 1.14. The maximum Gasteiger partial charge on any atom is 0.0459 e. The highest BCUT2D eigenvalue weighted by molar-refractivity contribution is 5.87. The van der Waals surface area contributed by atoms with Crippen molar-refractivity contribution in [1.82, 2.24) is 4.98 Å². The van der Waals surface area contributed by atoms with Gasteiger partial charge in [-0.2, -0.15) is 0 Å². The van der Waals surface area contributed by atoms with Crippen molar-refractivity contribution < 1.29 is 0 Å². The molecule has 1 aliphatic rings.